The molecule has 0 saturated heterocycles. The average molecular weight is 583 g/mol. The number of imidazole rings is 2. The number of ether oxygens (including phenoxy) is 4. The highest BCUT2D eigenvalue weighted by atomic mass is 19.4. The third-order valence-electron chi connectivity index (χ3n) is 5.20. The molecule has 0 bridgehead atoms. The Labute approximate surface area is 229 Å². The van der Waals surface area contributed by atoms with Crippen molar-refractivity contribution in [2.24, 2.45) is 0 Å². The fourth-order valence-electron chi connectivity index (χ4n) is 3.37. The summed E-state index contributed by atoms with van der Waals surface area (Å²) < 4.78 is 64.1. The summed E-state index contributed by atoms with van der Waals surface area (Å²) in [5.41, 5.74) is 0.335. The molecule has 0 saturated carbocycles. The van der Waals surface area contributed by atoms with Crippen LogP contribution >= 0.6 is 0 Å². The van der Waals surface area contributed by atoms with Gasteiger partial charge in [0.1, 0.15) is 30.3 Å². The van der Waals surface area contributed by atoms with E-state index in [1.807, 2.05) is 0 Å². The van der Waals surface area contributed by atoms with Crippen molar-refractivity contribution < 1.29 is 41.7 Å². The molecule has 41 heavy (non-hydrogen) atoms. The summed E-state index contributed by atoms with van der Waals surface area (Å²) in [6.45, 7) is -0.132. The lowest BCUT2D eigenvalue weighted by Gasteiger charge is -2.08. The molecule has 0 radical (unpaired) electrons. The fraction of sp³-hybridized carbons (Fsp3) is 0.409. The minimum absolute atomic E-state index is 0.0182. The van der Waals surface area contributed by atoms with Crippen LogP contribution in [-0.2, 0) is 38.6 Å². The maximum Gasteiger partial charge on any atom is 0.510 e. The smallest absolute Gasteiger partial charge is 0.433 e. The van der Waals surface area contributed by atoms with Gasteiger partial charge >= 0.3 is 18.5 Å². The topological polar surface area (TPSA) is 174 Å². The van der Waals surface area contributed by atoms with E-state index in [-0.39, 0.29) is 48.6 Å². The molecule has 4 aromatic rings. The molecular formula is C22H25F3N10O6. The van der Waals surface area contributed by atoms with E-state index in [0.717, 1.165) is 4.68 Å². The lowest BCUT2D eigenvalue weighted by Crippen LogP contribution is -2.19. The Hall–Kier alpha value is -4.78. The van der Waals surface area contributed by atoms with Crippen LogP contribution in [0.1, 0.15) is 5.82 Å². The number of alkyl halides is 3. The second-order valence-corrected chi connectivity index (χ2v) is 8.08. The summed E-state index contributed by atoms with van der Waals surface area (Å²) >= 11 is 0. The quantitative estimate of drug-likeness (QED) is 0.182. The highest BCUT2D eigenvalue weighted by Crippen LogP contribution is 2.33. The molecule has 0 aromatic carbocycles. The van der Waals surface area contributed by atoms with E-state index in [2.05, 4.69) is 35.7 Å². The first-order valence-corrected chi connectivity index (χ1v) is 12.0. The first kappa shape index (κ1) is 29.2. The summed E-state index contributed by atoms with van der Waals surface area (Å²) in [4.78, 5) is 40.1. The number of aromatic nitrogens is 8. The van der Waals surface area contributed by atoms with Crippen molar-refractivity contribution in [3.05, 3.63) is 36.8 Å². The second kappa shape index (κ2) is 13.0. The highest BCUT2D eigenvalue weighted by molar-refractivity contribution is 5.76. The molecule has 0 aliphatic heterocycles. The van der Waals surface area contributed by atoms with Crippen molar-refractivity contribution in [1.82, 2.24) is 49.3 Å². The van der Waals surface area contributed by atoms with Crippen LogP contribution in [0, 0.1) is 0 Å². The van der Waals surface area contributed by atoms with Gasteiger partial charge in [-0.25, -0.2) is 34.2 Å². The summed E-state index contributed by atoms with van der Waals surface area (Å²) in [5, 5.41) is 9.06. The van der Waals surface area contributed by atoms with Gasteiger partial charge in [-0.3, -0.25) is 4.40 Å². The summed E-state index contributed by atoms with van der Waals surface area (Å²) in [6.07, 6.45) is -1.09. The van der Waals surface area contributed by atoms with E-state index in [0.29, 0.717) is 13.1 Å². The molecule has 220 valence electrons. The molecule has 0 aliphatic carbocycles. The Bertz CT molecular complexity index is 1480. The van der Waals surface area contributed by atoms with Crippen LogP contribution in [0.25, 0.3) is 28.7 Å². The SMILES string of the molecule is CNCCOC(=O)OCn1cnc(-c2c(-c3nc(C(F)(F)F)nn3COC(=O)OCCNC)nc3ncccn23)c1. The van der Waals surface area contributed by atoms with Gasteiger partial charge in [-0.2, -0.15) is 13.2 Å². The highest BCUT2D eigenvalue weighted by Gasteiger charge is 2.38. The van der Waals surface area contributed by atoms with E-state index in [9.17, 15) is 22.8 Å². The standard InChI is InChI=1S/C22H25F3N10O6/c1-26-5-8-38-20(36)40-12-33-10-14(29-11-33)16-15(30-19-28-4-3-7-34(16)19)17-31-18(22(23,24)25)32-35(17)13-41-21(37)39-9-6-27-2/h3-4,7,10-11,26-27H,5-6,8-9,12-13H2,1-2H3. The minimum atomic E-state index is -4.91. The van der Waals surface area contributed by atoms with Crippen LogP contribution in [0.3, 0.4) is 0 Å². The zero-order valence-electron chi connectivity index (χ0n) is 21.8. The molecule has 4 aromatic heterocycles. The molecule has 19 heteroatoms. The molecule has 4 heterocycles. The molecular weight excluding hydrogens is 557 g/mol. The average Bonchev–Trinajstić information content (AvgIpc) is 3.67. The first-order valence-electron chi connectivity index (χ1n) is 12.0. The monoisotopic (exact) mass is 582 g/mol. The Kier molecular flexibility index (Phi) is 9.30. The number of carbonyl (C=O) groups excluding carboxylic acids is 2. The van der Waals surface area contributed by atoms with Crippen molar-refractivity contribution in [2.45, 2.75) is 19.6 Å². The van der Waals surface area contributed by atoms with Crippen molar-refractivity contribution in [3.63, 3.8) is 0 Å². The Morgan fingerprint density at radius 2 is 1.63 bits per heavy atom. The predicted molar refractivity (Wildman–Crippen MR) is 131 cm³/mol. The molecule has 0 amide bonds. The number of rotatable bonds is 12. The molecule has 0 fully saturated rings. The number of nitrogens with zero attached hydrogens (tertiary/aromatic N) is 8. The predicted octanol–water partition coefficient (Wildman–Crippen LogP) is 1.53. The Morgan fingerprint density at radius 1 is 0.951 bits per heavy atom. The molecule has 16 nitrogen and oxygen atoms in total. The molecule has 0 aliphatic rings. The van der Waals surface area contributed by atoms with Crippen molar-refractivity contribution in [2.75, 3.05) is 40.4 Å². The van der Waals surface area contributed by atoms with E-state index >= 15 is 0 Å². The van der Waals surface area contributed by atoms with Crippen LogP contribution < -0.4 is 10.6 Å². The van der Waals surface area contributed by atoms with E-state index in [4.69, 9.17) is 18.9 Å². The van der Waals surface area contributed by atoms with Gasteiger partial charge in [0.05, 0.1) is 6.33 Å². The Morgan fingerprint density at radius 3 is 2.29 bits per heavy atom. The number of halogens is 3. The van der Waals surface area contributed by atoms with Gasteiger partial charge in [-0.15, -0.1) is 5.10 Å². The minimum Gasteiger partial charge on any atom is -0.433 e. The molecule has 0 atom stereocenters. The third kappa shape index (κ3) is 7.25. The molecule has 2 N–H and O–H groups in total. The fourth-order valence-corrected chi connectivity index (χ4v) is 3.37. The van der Waals surface area contributed by atoms with Gasteiger partial charge in [0.15, 0.2) is 19.3 Å². The van der Waals surface area contributed by atoms with Gasteiger partial charge in [-0.05, 0) is 20.2 Å². The van der Waals surface area contributed by atoms with Gasteiger partial charge in [-0.1, -0.05) is 0 Å². The number of carbonyl (C=O) groups is 2. The van der Waals surface area contributed by atoms with Crippen LogP contribution in [-0.4, -0.2) is 91.4 Å². The largest absolute Gasteiger partial charge is 0.510 e. The zero-order chi connectivity index (χ0) is 29.4. The normalized spacial score (nSPS) is 11.5. The zero-order valence-corrected chi connectivity index (χ0v) is 21.8. The molecule has 4 rings (SSSR count). The lowest BCUT2D eigenvalue weighted by molar-refractivity contribution is -0.145. The number of hydrogen-bond acceptors (Lipinski definition) is 13. The van der Waals surface area contributed by atoms with Crippen molar-refractivity contribution in [1.29, 1.82) is 0 Å². The van der Waals surface area contributed by atoms with Crippen molar-refractivity contribution >= 4 is 18.1 Å². The summed E-state index contributed by atoms with van der Waals surface area (Å²) in [7, 11) is 3.35. The van der Waals surface area contributed by atoms with Gasteiger partial charge in [0.25, 0.3) is 5.82 Å². The third-order valence-corrected chi connectivity index (χ3v) is 5.20. The van der Waals surface area contributed by atoms with E-state index in [1.54, 1.807) is 26.4 Å². The summed E-state index contributed by atoms with van der Waals surface area (Å²) in [5.74, 6) is -1.74. The van der Waals surface area contributed by atoms with Gasteiger partial charge in [0, 0.05) is 31.7 Å². The van der Waals surface area contributed by atoms with Crippen LogP contribution in [0.2, 0.25) is 0 Å². The van der Waals surface area contributed by atoms with Gasteiger partial charge in [0.2, 0.25) is 5.78 Å². The number of likely N-dealkylation sites (N-methyl/N-ethyl adjacent to an activating group) is 2. The summed E-state index contributed by atoms with van der Waals surface area (Å²) in [6, 6.07) is 1.58. The lowest BCUT2D eigenvalue weighted by atomic mass is 10.2. The van der Waals surface area contributed by atoms with Crippen LogP contribution in [0.15, 0.2) is 31.0 Å². The number of hydrogen-bond donors (Lipinski definition) is 2. The maximum atomic E-state index is 13.6. The number of nitrogens with one attached hydrogen (secondary N) is 2. The maximum absolute atomic E-state index is 13.6. The van der Waals surface area contributed by atoms with Gasteiger partial charge < -0.3 is 34.1 Å². The van der Waals surface area contributed by atoms with E-state index in [1.165, 1.54) is 27.7 Å². The Balaban J connectivity index is 1.66. The van der Waals surface area contributed by atoms with Crippen LogP contribution in [0.4, 0.5) is 22.8 Å². The van der Waals surface area contributed by atoms with E-state index < -0.39 is 31.0 Å². The first-order chi connectivity index (χ1) is 19.7. The molecule has 0 unspecified atom stereocenters. The van der Waals surface area contributed by atoms with Crippen LogP contribution in [0.5, 0.6) is 0 Å². The number of fused-ring (bicyclic) bond motifs is 1. The molecule has 0 spiro atoms. The second-order valence-electron chi connectivity index (χ2n) is 8.08. The van der Waals surface area contributed by atoms with Crippen molar-refractivity contribution in [3.8, 4) is 22.9 Å².